The highest BCUT2D eigenvalue weighted by Crippen LogP contribution is 2.49. The van der Waals surface area contributed by atoms with E-state index in [-0.39, 0.29) is 0 Å². The molecule has 2 aliphatic rings. The summed E-state index contributed by atoms with van der Waals surface area (Å²) in [6, 6.07) is 0. The van der Waals surface area contributed by atoms with Crippen molar-refractivity contribution >= 4 is 0 Å². The molecule has 20 heavy (non-hydrogen) atoms. The number of likely N-dealkylation sites (tertiary alicyclic amines) is 1. The first-order valence-corrected chi connectivity index (χ1v) is 9.11. The van der Waals surface area contributed by atoms with Gasteiger partial charge in [0.1, 0.15) is 0 Å². The third-order valence-corrected chi connectivity index (χ3v) is 6.46. The van der Waals surface area contributed by atoms with Gasteiger partial charge in [-0.05, 0) is 55.4 Å². The molecule has 1 heterocycles. The zero-order valence-electron chi connectivity index (χ0n) is 14.7. The van der Waals surface area contributed by atoms with Gasteiger partial charge in [-0.1, -0.05) is 53.4 Å². The summed E-state index contributed by atoms with van der Waals surface area (Å²) in [6.07, 6.45) is 11.6. The summed E-state index contributed by atoms with van der Waals surface area (Å²) in [4.78, 5) is 2.52. The minimum absolute atomic E-state index is 0.551. The largest absolute Gasteiger partial charge is 0.305 e. The van der Waals surface area contributed by atoms with E-state index >= 15 is 0 Å². The Balaban J connectivity index is 2.11. The first-order chi connectivity index (χ1) is 9.42. The maximum absolute atomic E-state index is 2.55. The van der Waals surface area contributed by atoms with Crippen molar-refractivity contribution in [1.29, 1.82) is 0 Å². The average Bonchev–Trinajstić information content (AvgIpc) is 2.38. The molecule has 2 atom stereocenters. The Labute approximate surface area is 127 Å². The van der Waals surface area contributed by atoms with Crippen LogP contribution in [0.1, 0.15) is 79.1 Å². The van der Waals surface area contributed by atoms with Gasteiger partial charge in [0, 0.05) is 13.1 Å². The molecule has 0 bridgehead atoms. The molecule has 1 spiro atoms. The van der Waals surface area contributed by atoms with E-state index in [9.17, 15) is 0 Å². The van der Waals surface area contributed by atoms with Crippen molar-refractivity contribution in [2.24, 2.45) is 22.7 Å². The van der Waals surface area contributed by atoms with Crippen LogP contribution in [-0.4, -0.2) is 25.0 Å². The molecule has 0 amide bonds. The normalized spacial score (nSPS) is 34.0. The van der Waals surface area contributed by atoms with E-state index < -0.39 is 0 Å². The predicted molar refractivity (Wildman–Crippen MR) is 89.0 cm³/mol. The lowest BCUT2D eigenvalue weighted by Gasteiger charge is -2.49. The van der Waals surface area contributed by atoms with Crippen molar-refractivity contribution in [3.05, 3.63) is 0 Å². The zero-order valence-corrected chi connectivity index (χ0v) is 14.7. The van der Waals surface area contributed by atoms with Gasteiger partial charge >= 0.3 is 0 Å². The number of hydrogen-bond donors (Lipinski definition) is 0. The second-order valence-corrected chi connectivity index (χ2v) is 8.62. The predicted octanol–water partition coefficient (Wildman–Crippen LogP) is 5.35. The molecular formula is C19H37N. The van der Waals surface area contributed by atoms with Crippen molar-refractivity contribution in [1.82, 2.24) is 4.90 Å². The van der Waals surface area contributed by atoms with E-state index in [0.29, 0.717) is 10.8 Å². The highest BCUT2D eigenvalue weighted by atomic mass is 15.2. The van der Waals surface area contributed by atoms with Gasteiger partial charge < -0.3 is 4.90 Å². The molecule has 0 aromatic carbocycles. The van der Waals surface area contributed by atoms with Crippen LogP contribution in [0.25, 0.3) is 0 Å². The molecule has 0 aromatic heterocycles. The van der Waals surface area contributed by atoms with Crippen molar-refractivity contribution in [3.63, 3.8) is 0 Å². The van der Waals surface area contributed by atoms with E-state index in [0.717, 1.165) is 11.8 Å². The summed E-state index contributed by atoms with van der Waals surface area (Å²) in [5.74, 6) is 1.91. The van der Waals surface area contributed by atoms with Crippen molar-refractivity contribution < 1.29 is 0 Å². The minimum Gasteiger partial charge on any atom is -0.305 e. The molecule has 118 valence electrons. The fourth-order valence-electron chi connectivity index (χ4n) is 5.58. The van der Waals surface area contributed by atoms with E-state index in [1.54, 1.807) is 0 Å². The fourth-order valence-corrected chi connectivity index (χ4v) is 5.58. The fraction of sp³-hybridized carbons (Fsp3) is 1.00. The third-order valence-electron chi connectivity index (χ3n) is 6.46. The minimum atomic E-state index is 0.551. The molecule has 2 rings (SSSR count). The molecule has 2 unspecified atom stereocenters. The van der Waals surface area contributed by atoms with Crippen LogP contribution >= 0.6 is 0 Å². The molecular weight excluding hydrogens is 242 g/mol. The Hall–Kier alpha value is -0.0400. The van der Waals surface area contributed by atoms with E-state index in [2.05, 4.69) is 39.6 Å². The molecule has 1 aliphatic carbocycles. The average molecular weight is 280 g/mol. The van der Waals surface area contributed by atoms with Crippen LogP contribution in [0.3, 0.4) is 0 Å². The molecule has 1 aliphatic heterocycles. The number of nitrogens with zero attached hydrogens (tertiary/aromatic N) is 1. The third kappa shape index (κ3) is 3.40. The van der Waals surface area contributed by atoms with Crippen molar-refractivity contribution in [2.75, 3.05) is 20.1 Å². The molecule has 0 radical (unpaired) electrons. The lowest BCUT2D eigenvalue weighted by Crippen LogP contribution is -2.54. The highest BCUT2D eigenvalue weighted by molar-refractivity contribution is 4.96. The van der Waals surface area contributed by atoms with Crippen LogP contribution in [0.4, 0.5) is 0 Å². The first kappa shape index (κ1) is 16.3. The van der Waals surface area contributed by atoms with Crippen LogP contribution in [-0.2, 0) is 0 Å². The van der Waals surface area contributed by atoms with Gasteiger partial charge in [-0.25, -0.2) is 0 Å². The van der Waals surface area contributed by atoms with E-state index in [1.807, 2.05) is 0 Å². The quantitative estimate of drug-likeness (QED) is 0.673. The molecule has 1 saturated carbocycles. The topological polar surface area (TPSA) is 3.24 Å². The van der Waals surface area contributed by atoms with Crippen molar-refractivity contribution in [3.8, 4) is 0 Å². The van der Waals surface area contributed by atoms with Crippen molar-refractivity contribution in [2.45, 2.75) is 79.1 Å². The molecule has 1 nitrogen and oxygen atoms in total. The Morgan fingerprint density at radius 2 is 1.75 bits per heavy atom. The summed E-state index contributed by atoms with van der Waals surface area (Å²) >= 11 is 0. The Kier molecular flexibility index (Phi) is 5.21. The SMILES string of the molecule is CCCC1CCC2(CCCC(C)(C)C1CC)CN(C)C2. The monoisotopic (exact) mass is 279 g/mol. The van der Waals surface area contributed by atoms with Crippen LogP contribution in [0.2, 0.25) is 0 Å². The summed E-state index contributed by atoms with van der Waals surface area (Å²) in [5.41, 5.74) is 1.25. The summed E-state index contributed by atoms with van der Waals surface area (Å²) in [6.45, 7) is 12.6. The standard InChI is InChI=1S/C19H37N/c1-6-9-16-10-13-19(14-20(5)15-19)12-8-11-18(3,4)17(16)7-2/h16-17H,6-15H2,1-5H3. The second-order valence-electron chi connectivity index (χ2n) is 8.62. The maximum atomic E-state index is 2.55. The number of rotatable bonds is 3. The van der Waals surface area contributed by atoms with Crippen LogP contribution in [0.5, 0.6) is 0 Å². The van der Waals surface area contributed by atoms with Crippen LogP contribution in [0.15, 0.2) is 0 Å². The molecule has 1 saturated heterocycles. The zero-order chi connectivity index (χ0) is 14.8. The second kappa shape index (κ2) is 6.38. The molecule has 0 N–H and O–H groups in total. The molecule has 1 heteroatoms. The maximum Gasteiger partial charge on any atom is 0.00474 e. The van der Waals surface area contributed by atoms with E-state index in [4.69, 9.17) is 0 Å². The van der Waals surface area contributed by atoms with Crippen LogP contribution in [0, 0.1) is 22.7 Å². The smallest absolute Gasteiger partial charge is 0.00474 e. The summed E-state index contributed by atoms with van der Waals surface area (Å²) in [5, 5.41) is 0. The van der Waals surface area contributed by atoms with Gasteiger partial charge in [-0.2, -0.15) is 0 Å². The van der Waals surface area contributed by atoms with Gasteiger partial charge in [-0.15, -0.1) is 0 Å². The number of hydrogen-bond acceptors (Lipinski definition) is 1. The lowest BCUT2D eigenvalue weighted by molar-refractivity contribution is 0.000274. The Morgan fingerprint density at radius 3 is 2.30 bits per heavy atom. The highest BCUT2D eigenvalue weighted by Gasteiger charge is 2.43. The van der Waals surface area contributed by atoms with Crippen LogP contribution < -0.4 is 0 Å². The first-order valence-electron chi connectivity index (χ1n) is 9.11. The summed E-state index contributed by atoms with van der Waals surface area (Å²) in [7, 11) is 2.29. The Bertz CT molecular complexity index is 301. The van der Waals surface area contributed by atoms with E-state index in [1.165, 1.54) is 64.5 Å². The molecule has 0 aromatic rings. The van der Waals surface area contributed by atoms with Gasteiger partial charge in [0.2, 0.25) is 0 Å². The Morgan fingerprint density at radius 1 is 1.05 bits per heavy atom. The van der Waals surface area contributed by atoms with Gasteiger partial charge in [0.05, 0.1) is 0 Å². The van der Waals surface area contributed by atoms with Gasteiger partial charge in [0.15, 0.2) is 0 Å². The van der Waals surface area contributed by atoms with Gasteiger partial charge in [-0.3, -0.25) is 0 Å². The van der Waals surface area contributed by atoms with Gasteiger partial charge in [0.25, 0.3) is 0 Å². The molecule has 2 fully saturated rings. The lowest BCUT2D eigenvalue weighted by atomic mass is 9.66. The summed E-state index contributed by atoms with van der Waals surface area (Å²) < 4.78 is 0.